The van der Waals surface area contributed by atoms with Crippen molar-refractivity contribution >= 4 is 18.3 Å². The Hall–Kier alpha value is -4.61. The van der Waals surface area contributed by atoms with Crippen molar-refractivity contribution in [3.8, 4) is 49.2 Å². The first-order valence-corrected chi connectivity index (χ1v) is 13.0. The third-order valence-electron chi connectivity index (χ3n) is 5.95. The van der Waals surface area contributed by atoms with Crippen LogP contribution in [0.15, 0.2) is 0 Å². The maximum absolute atomic E-state index is 11.4. The fourth-order valence-corrected chi connectivity index (χ4v) is 3.74. The first-order valence-electron chi connectivity index (χ1n) is 13.0. The van der Waals surface area contributed by atoms with Crippen LogP contribution < -0.4 is 0 Å². The van der Waals surface area contributed by atoms with Gasteiger partial charge in [-0.3, -0.25) is 4.90 Å². The molecule has 13 heteroatoms. The van der Waals surface area contributed by atoms with E-state index in [1.54, 1.807) is 4.90 Å². The number of nitriles is 2. The van der Waals surface area contributed by atoms with Gasteiger partial charge in [0.2, 0.25) is 0 Å². The Bertz CT molecular complexity index is 1060. The fourth-order valence-electron chi connectivity index (χ4n) is 3.74. The van der Waals surface area contributed by atoms with Crippen molar-refractivity contribution in [1.82, 2.24) is 19.6 Å². The molecule has 41 heavy (non-hydrogen) atoms. The largest absolute Gasteiger partial charge is 0.436 e. The van der Waals surface area contributed by atoms with Gasteiger partial charge in [0.25, 0.3) is 0 Å². The molecule has 0 radical (unpaired) electrons. The first-order chi connectivity index (χ1) is 19.8. The van der Waals surface area contributed by atoms with Gasteiger partial charge in [-0.15, -0.1) is 19.3 Å². The number of piperazine rings is 1. The van der Waals surface area contributed by atoms with E-state index in [0.29, 0.717) is 19.7 Å². The molecule has 0 aliphatic carbocycles. The van der Waals surface area contributed by atoms with Crippen LogP contribution in [0.5, 0.6) is 0 Å². The number of likely N-dealkylation sites (tertiary alicyclic amines) is 1. The summed E-state index contributed by atoms with van der Waals surface area (Å²) in [7, 11) is 2.03. The topological polar surface area (TPSA) is 149 Å². The maximum Gasteiger partial charge on any atom is 0.411 e. The lowest BCUT2D eigenvalue weighted by Crippen LogP contribution is -2.47. The Labute approximate surface area is 241 Å². The number of carbonyl (C=O) groups excluding carboxylic acids is 3. The molecule has 0 aromatic heterocycles. The van der Waals surface area contributed by atoms with Crippen molar-refractivity contribution in [3.63, 3.8) is 0 Å². The molecule has 3 amide bonds. The average molecular weight is 569 g/mol. The Morgan fingerprint density at radius 1 is 0.780 bits per heavy atom. The van der Waals surface area contributed by atoms with Crippen molar-refractivity contribution in [1.29, 1.82) is 10.5 Å². The second-order valence-corrected chi connectivity index (χ2v) is 8.84. The van der Waals surface area contributed by atoms with Gasteiger partial charge in [0.1, 0.15) is 6.04 Å². The van der Waals surface area contributed by atoms with E-state index >= 15 is 0 Å². The van der Waals surface area contributed by atoms with Crippen molar-refractivity contribution in [2.45, 2.75) is 31.4 Å². The highest BCUT2D eigenvalue weighted by atomic mass is 16.6. The molecule has 2 unspecified atom stereocenters. The average Bonchev–Trinajstić information content (AvgIpc) is 3.02. The van der Waals surface area contributed by atoms with E-state index in [4.69, 9.17) is 48.7 Å². The summed E-state index contributed by atoms with van der Waals surface area (Å²) in [6.45, 7) is 4.81. The molecule has 3 saturated heterocycles. The second-order valence-electron chi connectivity index (χ2n) is 8.84. The van der Waals surface area contributed by atoms with Gasteiger partial charge in [-0.05, 0) is 26.3 Å². The second kappa shape index (κ2) is 20.3. The van der Waals surface area contributed by atoms with Crippen LogP contribution in [0, 0.1) is 59.7 Å². The number of piperidine rings is 1. The van der Waals surface area contributed by atoms with Crippen molar-refractivity contribution in [3.05, 3.63) is 0 Å². The molecule has 0 aromatic rings. The van der Waals surface area contributed by atoms with Crippen LogP contribution in [0.2, 0.25) is 0 Å². The number of ether oxygens (including phenoxy) is 4. The van der Waals surface area contributed by atoms with Crippen molar-refractivity contribution in [2.75, 3.05) is 79.3 Å². The van der Waals surface area contributed by atoms with E-state index in [2.05, 4.69) is 28.7 Å². The molecule has 13 nitrogen and oxygen atoms in total. The Balaban J connectivity index is 0.000000308. The molecule has 0 saturated carbocycles. The Kier molecular flexibility index (Phi) is 17.1. The highest BCUT2D eigenvalue weighted by molar-refractivity contribution is 5.69. The van der Waals surface area contributed by atoms with Gasteiger partial charge in [0.05, 0.1) is 25.3 Å². The summed E-state index contributed by atoms with van der Waals surface area (Å²) < 4.78 is 19.3. The molecule has 0 aromatic carbocycles. The van der Waals surface area contributed by atoms with Crippen LogP contribution >= 0.6 is 0 Å². The molecule has 3 aliphatic heterocycles. The van der Waals surface area contributed by atoms with Gasteiger partial charge in [-0.25, -0.2) is 14.4 Å². The third kappa shape index (κ3) is 13.3. The van der Waals surface area contributed by atoms with Crippen LogP contribution in [0.3, 0.4) is 0 Å². The number of morpholine rings is 1. The predicted molar refractivity (Wildman–Crippen MR) is 146 cm³/mol. The molecule has 0 spiro atoms. The molecule has 220 valence electrons. The summed E-state index contributed by atoms with van der Waals surface area (Å²) in [4.78, 5) is 40.6. The number of amides is 3. The summed E-state index contributed by atoms with van der Waals surface area (Å²) in [5, 5.41) is 17.4. The highest BCUT2D eigenvalue weighted by Crippen LogP contribution is 2.17. The summed E-state index contributed by atoms with van der Waals surface area (Å²) in [6, 6.07) is 3.66. The lowest BCUT2D eigenvalue weighted by atomic mass is 10.0. The number of nitrogens with zero attached hydrogens (tertiary/aromatic N) is 6. The predicted octanol–water partition coefficient (Wildman–Crippen LogP) is 1.12. The lowest BCUT2D eigenvalue weighted by molar-refractivity contribution is 0.000129. The molecule has 3 heterocycles. The molecule has 3 rings (SSSR count). The summed E-state index contributed by atoms with van der Waals surface area (Å²) in [5.41, 5.74) is 0. The summed E-state index contributed by atoms with van der Waals surface area (Å²) in [5.74, 6) is 6.68. The first kappa shape index (κ1) is 34.4. The maximum atomic E-state index is 11.4. The van der Waals surface area contributed by atoms with Gasteiger partial charge in [-0.2, -0.15) is 10.5 Å². The minimum atomic E-state index is -0.567. The quantitative estimate of drug-likeness (QED) is 0.358. The number of hydrogen-bond donors (Lipinski definition) is 0. The summed E-state index contributed by atoms with van der Waals surface area (Å²) >= 11 is 0. The third-order valence-corrected chi connectivity index (χ3v) is 5.95. The van der Waals surface area contributed by atoms with Crippen molar-refractivity contribution < 1.29 is 33.3 Å². The Morgan fingerprint density at radius 3 is 1.88 bits per heavy atom. The van der Waals surface area contributed by atoms with Gasteiger partial charge in [-0.1, -0.05) is 17.8 Å². The van der Waals surface area contributed by atoms with Crippen LogP contribution in [-0.2, 0) is 18.9 Å². The molecule has 2 atom stereocenters. The highest BCUT2D eigenvalue weighted by Gasteiger charge is 2.27. The minimum Gasteiger partial charge on any atom is -0.436 e. The molecular weight excluding hydrogens is 532 g/mol. The number of likely N-dealkylation sites (N-methyl/N-ethyl adjacent to an activating group) is 1. The molecule has 0 bridgehead atoms. The minimum absolute atomic E-state index is 0.0342. The van der Waals surface area contributed by atoms with Crippen LogP contribution in [0.25, 0.3) is 0 Å². The smallest absolute Gasteiger partial charge is 0.411 e. The summed E-state index contributed by atoms with van der Waals surface area (Å²) in [6.07, 6.45) is 15.7. The van der Waals surface area contributed by atoms with Crippen LogP contribution in [-0.4, -0.2) is 129 Å². The Morgan fingerprint density at radius 2 is 1.34 bits per heavy atom. The monoisotopic (exact) mass is 568 g/mol. The van der Waals surface area contributed by atoms with E-state index in [1.165, 1.54) is 9.80 Å². The van der Waals surface area contributed by atoms with Gasteiger partial charge in [0.15, 0.2) is 25.9 Å². The fraction of sp³-hybridized carbons (Fsp3) is 0.607. The molecular formula is C28H36N6O7. The molecule has 3 fully saturated rings. The zero-order chi connectivity index (χ0) is 30.5. The number of terminal acetylenes is 3. The zero-order valence-electron chi connectivity index (χ0n) is 23.3. The zero-order valence-corrected chi connectivity index (χ0v) is 23.3. The number of carbonyl (C=O) groups is 3. The van der Waals surface area contributed by atoms with E-state index in [-0.39, 0.29) is 38.5 Å². The van der Waals surface area contributed by atoms with Gasteiger partial charge in [0, 0.05) is 39.3 Å². The van der Waals surface area contributed by atoms with Crippen LogP contribution in [0.1, 0.15) is 19.3 Å². The van der Waals surface area contributed by atoms with Crippen LogP contribution in [0.4, 0.5) is 14.4 Å². The molecule has 3 aliphatic rings. The standard InChI is InChI=1S/C10H12N2O2.C9H10N2O3.C9H14N2O2/c1-2-7-14-10(13)12-6-4-3-5-9(12)8-11;1-2-4-14-9(12)11-3-5-13-8(6-10)7-11;1-3-8-13-9(12)11-6-4-10(2)5-7-11/h1,9H,3-7H2;1,8H,3-5,7H2;1H,4-8H2,2H3. The van der Waals surface area contributed by atoms with E-state index < -0.39 is 18.3 Å². The van der Waals surface area contributed by atoms with Gasteiger partial charge >= 0.3 is 18.3 Å². The lowest BCUT2D eigenvalue weighted by Gasteiger charge is -2.31. The van der Waals surface area contributed by atoms with Gasteiger partial charge < -0.3 is 33.6 Å². The normalized spacial score (nSPS) is 19.9. The van der Waals surface area contributed by atoms with E-state index in [0.717, 1.165) is 45.4 Å². The van der Waals surface area contributed by atoms with E-state index in [9.17, 15) is 14.4 Å². The van der Waals surface area contributed by atoms with E-state index in [1.807, 2.05) is 13.1 Å². The number of rotatable bonds is 3. The van der Waals surface area contributed by atoms with Crippen molar-refractivity contribution in [2.24, 2.45) is 0 Å². The molecule has 0 N–H and O–H groups in total. The number of hydrogen-bond acceptors (Lipinski definition) is 10. The SMILES string of the molecule is C#CCOC(=O)N1CCCCC1C#N.C#CCOC(=O)N1CCN(C)CC1.C#CCOC(=O)N1CCOC(C#N)C1.